The molecule has 1 aliphatic carbocycles. The fraction of sp³-hybridized carbons (Fsp3) is 0.682. The normalized spacial score (nSPS) is 21.6. The van der Waals surface area contributed by atoms with E-state index in [1.54, 1.807) is 0 Å². The molecule has 2 rings (SSSR count). The molecule has 1 heteroatoms. The van der Waals surface area contributed by atoms with Crippen molar-refractivity contribution in [3.8, 4) is 0 Å². The fourth-order valence-electron chi connectivity index (χ4n) is 3.87. The summed E-state index contributed by atoms with van der Waals surface area (Å²) in [4.78, 5) is 12.5. The molecule has 1 aromatic carbocycles. The van der Waals surface area contributed by atoms with Gasteiger partial charge in [0.2, 0.25) is 0 Å². The van der Waals surface area contributed by atoms with Crippen LogP contribution in [-0.2, 0) is 11.2 Å². The maximum atomic E-state index is 12.5. The Morgan fingerprint density at radius 2 is 1.61 bits per heavy atom. The van der Waals surface area contributed by atoms with E-state index in [4.69, 9.17) is 0 Å². The summed E-state index contributed by atoms with van der Waals surface area (Å²) in [5.74, 6) is 1.30. The van der Waals surface area contributed by atoms with Gasteiger partial charge in [-0.25, -0.2) is 0 Å². The average molecular weight is 315 g/mol. The van der Waals surface area contributed by atoms with Gasteiger partial charge in [0.1, 0.15) is 5.78 Å². The SMILES string of the molecule is CCCCCc1ccc(C2CCC(CCCCC)CC2=O)cc1. The predicted molar refractivity (Wildman–Crippen MR) is 98.9 cm³/mol. The first-order chi connectivity index (χ1) is 11.2. The molecule has 2 atom stereocenters. The van der Waals surface area contributed by atoms with E-state index in [0.717, 1.165) is 12.8 Å². The minimum atomic E-state index is 0.169. The van der Waals surface area contributed by atoms with E-state index in [1.165, 1.54) is 68.9 Å². The monoisotopic (exact) mass is 314 g/mol. The van der Waals surface area contributed by atoms with Crippen LogP contribution in [0.3, 0.4) is 0 Å². The van der Waals surface area contributed by atoms with E-state index in [1.807, 2.05) is 0 Å². The molecule has 1 saturated carbocycles. The molecule has 0 aliphatic heterocycles. The van der Waals surface area contributed by atoms with Gasteiger partial charge < -0.3 is 0 Å². The van der Waals surface area contributed by atoms with Gasteiger partial charge in [0, 0.05) is 12.3 Å². The Morgan fingerprint density at radius 1 is 0.913 bits per heavy atom. The van der Waals surface area contributed by atoms with Crippen molar-refractivity contribution in [1.29, 1.82) is 0 Å². The second-order valence-corrected chi connectivity index (χ2v) is 7.36. The van der Waals surface area contributed by atoms with Crippen LogP contribution < -0.4 is 0 Å². The van der Waals surface area contributed by atoms with Crippen molar-refractivity contribution in [2.24, 2.45) is 5.92 Å². The first-order valence-electron chi connectivity index (χ1n) is 9.86. The minimum absolute atomic E-state index is 0.169. The van der Waals surface area contributed by atoms with Crippen LogP contribution in [0.1, 0.15) is 95.1 Å². The Kier molecular flexibility index (Phi) is 7.85. The highest BCUT2D eigenvalue weighted by molar-refractivity contribution is 5.86. The van der Waals surface area contributed by atoms with E-state index in [-0.39, 0.29) is 5.92 Å². The molecule has 0 radical (unpaired) electrons. The topological polar surface area (TPSA) is 17.1 Å². The molecule has 2 unspecified atom stereocenters. The highest BCUT2D eigenvalue weighted by atomic mass is 16.1. The van der Waals surface area contributed by atoms with Crippen LogP contribution in [-0.4, -0.2) is 5.78 Å². The summed E-state index contributed by atoms with van der Waals surface area (Å²) >= 11 is 0. The zero-order valence-corrected chi connectivity index (χ0v) is 15.2. The zero-order valence-electron chi connectivity index (χ0n) is 15.2. The van der Waals surface area contributed by atoms with Crippen molar-refractivity contribution in [2.75, 3.05) is 0 Å². The molecule has 1 aromatic rings. The summed E-state index contributed by atoms with van der Waals surface area (Å²) in [6.07, 6.45) is 13.3. The Morgan fingerprint density at radius 3 is 2.26 bits per heavy atom. The van der Waals surface area contributed by atoms with Crippen molar-refractivity contribution in [2.45, 2.75) is 90.4 Å². The minimum Gasteiger partial charge on any atom is -0.299 e. The van der Waals surface area contributed by atoms with Gasteiger partial charge in [-0.1, -0.05) is 76.6 Å². The molecule has 0 aromatic heterocycles. The van der Waals surface area contributed by atoms with Gasteiger partial charge in [0.25, 0.3) is 0 Å². The molecule has 0 amide bonds. The van der Waals surface area contributed by atoms with Crippen LogP contribution in [0.15, 0.2) is 24.3 Å². The van der Waals surface area contributed by atoms with Gasteiger partial charge in [-0.15, -0.1) is 0 Å². The summed E-state index contributed by atoms with van der Waals surface area (Å²) in [6.45, 7) is 4.49. The summed E-state index contributed by atoms with van der Waals surface area (Å²) < 4.78 is 0. The number of carbonyl (C=O) groups is 1. The van der Waals surface area contributed by atoms with E-state index in [9.17, 15) is 4.79 Å². The second kappa shape index (κ2) is 9.90. The molecule has 23 heavy (non-hydrogen) atoms. The molecular weight excluding hydrogens is 280 g/mol. The van der Waals surface area contributed by atoms with Gasteiger partial charge >= 0.3 is 0 Å². The van der Waals surface area contributed by atoms with Gasteiger partial charge in [0.05, 0.1) is 0 Å². The van der Waals surface area contributed by atoms with Gasteiger partial charge in [0.15, 0.2) is 0 Å². The van der Waals surface area contributed by atoms with E-state index >= 15 is 0 Å². The third-order valence-electron chi connectivity index (χ3n) is 5.41. The Balaban J connectivity index is 1.84. The standard InChI is InChI=1S/C22H34O/c1-3-5-7-9-18-11-14-20(15-12-18)21-16-13-19(17-22(21)23)10-8-6-4-2/h11-12,14-15,19,21H,3-10,13,16-17H2,1-2H3. The molecular formula is C22H34O. The van der Waals surface area contributed by atoms with Crippen LogP contribution in [0.4, 0.5) is 0 Å². The lowest BCUT2D eigenvalue weighted by Crippen LogP contribution is -2.23. The molecule has 1 fully saturated rings. The lowest BCUT2D eigenvalue weighted by molar-refractivity contribution is -0.123. The molecule has 0 bridgehead atoms. The zero-order chi connectivity index (χ0) is 16.5. The summed E-state index contributed by atoms with van der Waals surface area (Å²) in [5, 5.41) is 0. The molecule has 1 nitrogen and oxygen atoms in total. The first-order valence-corrected chi connectivity index (χ1v) is 9.86. The Bertz CT molecular complexity index is 459. The van der Waals surface area contributed by atoms with Gasteiger partial charge in [-0.3, -0.25) is 4.79 Å². The van der Waals surface area contributed by atoms with Crippen molar-refractivity contribution >= 4 is 5.78 Å². The number of hydrogen-bond acceptors (Lipinski definition) is 1. The number of Topliss-reactive ketones (excluding diaryl/α,β-unsaturated/α-hetero) is 1. The van der Waals surface area contributed by atoms with Gasteiger partial charge in [-0.05, 0) is 42.7 Å². The van der Waals surface area contributed by atoms with Crippen LogP contribution in [0.2, 0.25) is 0 Å². The summed E-state index contributed by atoms with van der Waals surface area (Å²) in [6, 6.07) is 8.90. The molecule has 0 N–H and O–H groups in total. The number of benzene rings is 1. The molecule has 0 saturated heterocycles. The third kappa shape index (κ3) is 5.79. The largest absolute Gasteiger partial charge is 0.299 e. The highest BCUT2D eigenvalue weighted by Crippen LogP contribution is 2.35. The molecule has 128 valence electrons. The lowest BCUT2D eigenvalue weighted by atomic mass is 9.76. The fourth-order valence-corrected chi connectivity index (χ4v) is 3.87. The Hall–Kier alpha value is -1.11. The number of ketones is 1. The smallest absolute Gasteiger partial charge is 0.140 e. The number of aryl methyl sites for hydroxylation is 1. The number of unbranched alkanes of at least 4 members (excludes halogenated alkanes) is 4. The van der Waals surface area contributed by atoms with Crippen molar-refractivity contribution in [3.63, 3.8) is 0 Å². The summed E-state index contributed by atoms with van der Waals surface area (Å²) in [7, 11) is 0. The first kappa shape index (κ1) is 18.2. The van der Waals surface area contributed by atoms with Crippen LogP contribution >= 0.6 is 0 Å². The maximum Gasteiger partial charge on any atom is 0.140 e. The number of carbonyl (C=O) groups excluding carboxylic acids is 1. The molecule has 1 aliphatic rings. The van der Waals surface area contributed by atoms with Crippen molar-refractivity contribution in [1.82, 2.24) is 0 Å². The lowest BCUT2D eigenvalue weighted by Gasteiger charge is -2.27. The highest BCUT2D eigenvalue weighted by Gasteiger charge is 2.29. The quantitative estimate of drug-likeness (QED) is 0.478. The van der Waals surface area contributed by atoms with Crippen molar-refractivity contribution < 1.29 is 4.79 Å². The van der Waals surface area contributed by atoms with Crippen molar-refractivity contribution in [3.05, 3.63) is 35.4 Å². The molecule has 0 spiro atoms. The van der Waals surface area contributed by atoms with E-state index < -0.39 is 0 Å². The summed E-state index contributed by atoms with van der Waals surface area (Å²) in [5.41, 5.74) is 2.67. The predicted octanol–water partition coefficient (Wildman–Crippen LogP) is 6.45. The number of rotatable bonds is 9. The number of hydrogen-bond donors (Lipinski definition) is 0. The van der Waals surface area contributed by atoms with E-state index in [2.05, 4.69) is 38.1 Å². The van der Waals surface area contributed by atoms with Gasteiger partial charge in [-0.2, -0.15) is 0 Å². The second-order valence-electron chi connectivity index (χ2n) is 7.36. The van der Waals surface area contributed by atoms with E-state index in [0.29, 0.717) is 11.7 Å². The van der Waals surface area contributed by atoms with Crippen LogP contribution in [0.25, 0.3) is 0 Å². The third-order valence-corrected chi connectivity index (χ3v) is 5.41. The Labute approximate surface area is 142 Å². The van der Waals surface area contributed by atoms with Crippen LogP contribution in [0, 0.1) is 5.92 Å². The van der Waals surface area contributed by atoms with Crippen LogP contribution in [0.5, 0.6) is 0 Å². The maximum absolute atomic E-state index is 12.5. The average Bonchev–Trinajstić information content (AvgIpc) is 2.56. The molecule has 0 heterocycles.